The molecule has 3 heteroatoms. The van der Waals surface area contributed by atoms with Crippen LogP contribution in [0.1, 0.15) is 33.6 Å². The molecule has 1 saturated heterocycles. The van der Waals surface area contributed by atoms with Gasteiger partial charge in [-0.15, -0.1) is 0 Å². The summed E-state index contributed by atoms with van der Waals surface area (Å²) >= 11 is 0. The Morgan fingerprint density at radius 3 is 2.27 bits per heavy atom. The lowest BCUT2D eigenvalue weighted by Crippen LogP contribution is -2.37. The topological polar surface area (TPSA) is 46.3 Å². The zero-order chi connectivity index (χ0) is 8.85. The molecule has 1 aliphatic heterocycles. The molecule has 0 aromatic rings. The Morgan fingerprint density at radius 1 is 1.55 bits per heavy atom. The zero-order valence-electron chi connectivity index (χ0n) is 7.63. The van der Waals surface area contributed by atoms with Crippen LogP contribution in [0, 0.1) is 0 Å². The van der Waals surface area contributed by atoms with Crippen LogP contribution in [-0.4, -0.2) is 23.5 Å². The van der Waals surface area contributed by atoms with Crippen LogP contribution in [0.5, 0.6) is 0 Å². The first-order valence-electron chi connectivity index (χ1n) is 4.28. The van der Waals surface area contributed by atoms with Gasteiger partial charge in [0.25, 0.3) is 0 Å². The monoisotopic (exact) mass is 158 g/mol. The quantitative estimate of drug-likeness (QED) is 0.571. The van der Waals surface area contributed by atoms with Gasteiger partial charge in [-0.05, 0) is 19.8 Å². The van der Waals surface area contributed by atoms with Crippen LogP contribution in [0.4, 0.5) is 4.79 Å². The molecule has 1 unspecified atom stereocenters. The molecule has 66 valence electrons. The maximum atomic E-state index is 10.6. The van der Waals surface area contributed by atoms with Gasteiger partial charge in [0.05, 0.1) is 0 Å². The van der Waals surface area contributed by atoms with E-state index < -0.39 is 0 Å². The summed E-state index contributed by atoms with van der Waals surface area (Å²) in [6.45, 7) is 6.87. The molecule has 1 rings (SSSR count). The highest BCUT2D eigenvalue weighted by atomic mass is 16.2. The molecule has 0 aromatic heterocycles. The second-order valence-corrected chi connectivity index (χ2v) is 2.52. The number of amides is 2. The van der Waals surface area contributed by atoms with Crippen LogP contribution in [0.2, 0.25) is 0 Å². The molecule has 0 saturated carbocycles. The molecule has 0 radical (unpaired) electrons. The first-order valence-corrected chi connectivity index (χ1v) is 4.28. The van der Waals surface area contributed by atoms with Gasteiger partial charge in [0.15, 0.2) is 0 Å². The number of carbonyl (C=O) groups excluding carboxylic acids is 1. The van der Waals surface area contributed by atoms with E-state index in [1.165, 1.54) is 0 Å². The van der Waals surface area contributed by atoms with E-state index in [2.05, 4.69) is 0 Å². The largest absolute Gasteiger partial charge is 0.351 e. The van der Waals surface area contributed by atoms with Gasteiger partial charge in [0.1, 0.15) is 0 Å². The highest BCUT2D eigenvalue weighted by Gasteiger charge is 2.22. The van der Waals surface area contributed by atoms with Gasteiger partial charge in [-0.25, -0.2) is 4.79 Å². The van der Waals surface area contributed by atoms with E-state index in [9.17, 15) is 4.79 Å². The normalized spacial score (nSPS) is 22.5. The van der Waals surface area contributed by atoms with Gasteiger partial charge < -0.3 is 10.6 Å². The minimum atomic E-state index is -0.278. The molecule has 0 aromatic carbocycles. The SMILES string of the molecule is CC.CC1CCCN1C(N)=O. The number of rotatable bonds is 0. The predicted octanol–water partition coefficient (Wildman–Crippen LogP) is 1.58. The van der Waals surface area contributed by atoms with Crippen LogP contribution in [0.3, 0.4) is 0 Å². The van der Waals surface area contributed by atoms with Crippen LogP contribution in [-0.2, 0) is 0 Å². The summed E-state index contributed by atoms with van der Waals surface area (Å²) in [5, 5.41) is 0. The number of likely N-dealkylation sites (tertiary alicyclic amines) is 1. The van der Waals surface area contributed by atoms with Crippen molar-refractivity contribution in [1.82, 2.24) is 4.90 Å². The van der Waals surface area contributed by atoms with Crippen LogP contribution < -0.4 is 5.73 Å². The summed E-state index contributed by atoms with van der Waals surface area (Å²) < 4.78 is 0. The Kier molecular flexibility index (Phi) is 4.66. The maximum absolute atomic E-state index is 10.6. The van der Waals surface area contributed by atoms with E-state index in [4.69, 9.17) is 5.73 Å². The number of nitrogens with two attached hydrogens (primary N) is 1. The van der Waals surface area contributed by atoms with E-state index in [0.29, 0.717) is 6.04 Å². The van der Waals surface area contributed by atoms with Gasteiger partial charge in [0, 0.05) is 12.6 Å². The second kappa shape index (κ2) is 4.99. The third kappa shape index (κ3) is 2.78. The van der Waals surface area contributed by atoms with Gasteiger partial charge in [-0.1, -0.05) is 13.8 Å². The molecule has 11 heavy (non-hydrogen) atoms. The molecule has 2 N–H and O–H groups in total. The third-order valence-electron chi connectivity index (χ3n) is 1.84. The van der Waals surface area contributed by atoms with Gasteiger partial charge in [-0.2, -0.15) is 0 Å². The number of primary amides is 1. The molecule has 3 nitrogen and oxygen atoms in total. The third-order valence-corrected chi connectivity index (χ3v) is 1.84. The molecule has 1 heterocycles. The first-order chi connectivity index (χ1) is 5.22. The standard InChI is InChI=1S/C6H12N2O.C2H6/c1-5-3-2-4-8(5)6(7)9;1-2/h5H,2-4H2,1H3,(H2,7,9);1-2H3. The van der Waals surface area contributed by atoms with Gasteiger partial charge >= 0.3 is 6.03 Å². The Bertz CT molecular complexity index is 125. The fraction of sp³-hybridized carbons (Fsp3) is 0.875. The minimum absolute atomic E-state index is 0.278. The molecule has 1 aliphatic rings. The average Bonchev–Trinajstić information content (AvgIpc) is 2.39. The summed E-state index contributed by atoms with van der Waals surface area (Å²) in [5.41, 5.74) is 5.08. The Morgan fingerprint density at radius 2 is 2.09 bits per heavy atom. The Labute approximate surface area is 68.6 Å². The van der Waals surface area contributed by atoms with Crippen molar-refractivity contribution >= 4 is 6.03 Å². The molecular weight excluding hydrogens is 140 g/mol. The Hall–Kier alpha value is -0.730. The summed E-state index contributed by atoms with van der Waals surface area (Å²) in [6.07, 6.45) is 2.20. The molecule has 1 fully saturated rings. The van der Waals surface area contributed by atoms with Crippen molar-refractivity contribution in [2.24, 2.45) is 5.73 Å². The molecule has 0 spiro atoms. The maximum Gasteiger partial charge on any atom is 0.315 e. The van der Waals surface area contributed by atoms with E-state index >= 15 is 0 Å². The van der Waals surface area contributed by atoms with Crippen molar-refractivity contribution in [2.45, 2.75) is 39.7 Å². The average molecular weight is 158 g/mol. The summed E-state index contributed by atoms with van der Waals surface area (Å²) in [4.78, 5) is 12.3. The smallest absolute Gasteiger partial charge is 0.315 e. The molecular formula is C8H18N2O. The predicted molar refractivity (Wildman–Crippen MR) is 46.3 cm³/mol. The molecule has 0 bridgehead atoms. The lowest BCUT2D eigenvalue weighted by molar-refractivity contribution is 0.206. The first kappa shape index (κ1) is 10.3. The number of hydrogen-bond acceptors (Lipinski definition) is 1. The van der Waals surface area contributed by atoms with Crippen molar-refractivity contribution in [3.63, 3.8) is 0 Å². The Balaban J connectivity index is 0.000000461. The highest BCUT2D eigenvalue weighted by Crippen LogP contribution is 2.14. The van der Waals surface area contributed by atoms with E-state index in [0.717, 1.165) is 19.4 Å². The van der Waals surface area contributed by atoms with Crippen molar-refractivity contribution in [1.29, 1.82) is 0 Å². The number of carbonyl (C=O) groups is 1. The minimum Gasteiger partial charge on any atom is -0.351 e. The van der Waals surface area contributed by atoms with Crippen molar-refractivity contribution in [2.75, 3.05) is 6.54 Å². The number of nitrogens with zero attached hydrogens (tertiary/aromatic N) is 1. The highest BCUT2D eigenvalue weighted by molar-refractivity contribution is 5.72. The fourth-order valence-corrected chi connectivity index (χ4v) is 1.26. The van der Waals surface area contributed by atoms with E-state index in [1.54, 1.807) is 4.90 Å². The van der Waals surface area contributed by atoms with Crippen molar-refractivity contribution < 1.29 is 4.79 Å². The van der Waals surface area contributed by atoms with Gasteiger partial charge in [0.2, 0.25) is 0 Å². The van der Waals surface area contributed by atoms with E-state index in [-0.39, 0.29) is 6.03 Å². The van der Waals surface area contributed by atoms with Crippen LogP contribution in [0.15, 0.2) is 0 Å². The second-order valence-electron chi connectivity index (χ2n) is 2.52. The number of hydrogen-bond donors (Lipinski definition) is 1. The molecule has 1 atom stereocenters. The van der Waals surface area contributed by atoms with Crippen LogP contribution in [0.25, 0.3) is 0 Å². The zero-order valence-corrected chi connectivity index (χ0v) is 7.63. The summed E-state index contributed by atoms with van der Waals surface area (Å²) in [5.74, 6) is 0. The molecule has 2 amide bonds. The van der Waals surface area contributed by atoms with Gasteiger partial charge in [-0.3, -0.25) is 0 Å². The van der Waals surface area contributed by atoms with E-state index in [1.807, 2.05) is 20.8 Å². The fourth-order valence-electron chi connectivity index (χ4n) is 1.26. The summed E-state index contributed by atoms with van der Waals surface area (Å²) in [7, 11) is 0. The van der Waals surface area contributed by atoms with Crippen molar-refractivity contribution in [3.05, 3.63) is 0 Å². The summed E-state index contributed by atoms with van der Waals surface area (Å²) in [6, 6.07) is 0.0856. The van der Waals surface area contributed by atoms with Crippen molar-refractivity contribution in [3.8, 4) is 0 Å². The number of urea groups is 1. The molecule has 0 aliphatic carbocycles. The van der Waals surface area contributed by atoms with Crippen LogP contribution >= 0.6 is 0 Å². The lowest BCUT2D eigenvalue weighted by Gasteiger charge is -2.17. The lowest BCUT2D eigenvalue weighted by atomic mass is 10.2.